The predicted molar refractivity (Wildman–Crippen MR) is 93.2 cm³/mol. The summed E-state index contributed by atoms with van der Waals surface area (Å²) >= 11 is 0. The lowest BCUT2D eigenvalue weighted by atomic mass is 10.1. The Balaban J connectivity index is 2.63. The molecule has 0 saturated carbocycles. The molecule has 0 aliphatic rings. The first-order valence-corrected chi connectivity index (χ1v) is 7.84. The van der Waals surface area contributed by atoms with Gasteiger partial charge in [-0.05, 0) is 31.0 Å². The molecule has 0 bridgehead atoms. The lowest BCUT2D eigenvalue weighted by Crippen LogP contribution is -2.17. The number of methoxy groups -OCH3 is 2. The zero-order chi connectivity index (χ0) is 17.9. The molecule has 2 N–H and O–H groups in total. The number of nitrogens with two attached hydrogens (primary N) is 1. The molecule has 6 heteroatoms. The van der Waals surface area contributed by atoms with Crippen molar-refractivity contribution in [1.29, 1.82) is 0 Å². The van der Waals surface area contributed by atoms with Gasteiger partial charge in [-0.3, -0.25) is 4.68 Å². The van der Waals surface area contributed by atoms with Gasteiger partial charge < -0.3 is 20.1 Å². The Morgan fingerprint density at radius 2 is 1.92 bits per heavy atom. The first kappa shape index (κ1) is 17.7. The second-order valence-electron chi connectivity index (χ2n) is 5.64. The van der Waals surface area contributed by atoms with Crippen molar-refractivity contribution in [3.63, 3.8) is 0 Å². The fourth-order valence-electron chi connectivity index (χ4n) is 2.72. The third-order valence-electron chi connectivity index (χ3n) is 3.80. The average molecular weight is 332 g/mol. The highest BCUT2D eigenvalue weighted by molar-refractivity contribution is 5.93. The van der Waals surface area contributed by atoms with Crippen molar-refractivity contribution in [1.82, 2.24) is 4.68 Å². The van der Waals surface area contributed by atoms with Gasteiger partial charge in [-0.15, -0.1) is 0 Å². The van der Waals surface area contributed by atoms with Crippen LogP contribution >= 0.6 is 0 Å². The first-order chi connectivity index (χ1) is 11.4. The van der Waals surface area contributed by atoms with Gasteiger partial charge >= 0.3 is 5.97 Å². The van der Waals surface area contributed by atoms with Crippen LogP contribution in [0.5, 0.6) is 11.5 Å². The standard InChI is InChI=1S/C18H24N2O4/c1-6-24-18(21)14-10-15(20(19)17(14)11(2)3)13-8-7-12(22-4)9-16(13)23-5/h7-11H,6,19H2,1-5H3. The lowest BCUT2D eigenvalue weighted by molar-refractivity contribution is 0.0524. The number of esters is 1. The van der Waals surface area contributed by atoms with Crippen LogP contribution in [0.25, 0.3) is 11.3 Å². The second-order valence-corrected chi connectivity index (χ2v) is 5.64. The molecule has 0 fully saturated rings. The average Bonchev–Trinajstić information content (AvgIpc) is 2.91. The van der Waals surface area contributed by atoms with E-state index in [4.69, 9.17) is 20.1 Å². The molecule has 2 rings (SSSR count). The van der Waals surface area contributed by atoms with Crippen molar-refractivity contribution in [3.05, 3.63) is 35.5 Å². The summed E-state index contributed by atoms with van der Waals surface area (Å²) in [4.78, 5) is 12.3. The van der Waals surface area contributed by atoms with Gasteiger partial charge in [0.25, 0.3) is 0 Å². The monoisotopic (exact) mass is 332 g/mol. The molecule has 6 nitrogen and oxygen atoms in total. The lowest BCUT2D eigenvalue weighted by Gasteiger charge is -2.14. The normalized spacial score (nSPS) is 10.8. The summed E-state index contributed by atoms with van der Waals surface area (Å²) in [5.74, 6) is 7.27. The van der Waals surface area contributed by atoms with Crippen LogP contribution in [-0.2, 0) is 4.74 Å². The first-order valence-electron chi connectivity index (χ1n) is 7.84. The largest absolute Gasteiger partial charge is 0.497 e. The van der Waals surface area contributed by atoms with Crippen LogP contribution < -0.4 is 15.3 Å². The van der Waals surface area contributed by atoms with Gasteiger partial charge in [0.05, 0.1) is 37.8 Å². The Kier molecular flexibility index (Phi) is 5.39. The molecule has 0 spiro atoms. The summed E-state index contributed by atoms with van der Waals surface area (Å²) in [5.41, 5.74) is 2.66. The van der Waals surface area contributed by atoms with Crippen LogP contribution in [0.3, 0.4) is 0 Å². The molecule has 0 aliphatic heterocycles. The second kappa shape index (κ2) is 7.29. The van der Waals surface area contributed by atoms with E-state index in [9.17, 15) is 4.79 Å². The number of ether oxygens (including phenoxy) is 3. The number of nitrogen functional groups attached to an aromatic ring is 1. The van der Waals surface area contributed by atoms with Gasteiger partial charge in [-0.2, -0.15) is 0 Å². The fraction of sp³-hybridized carbons (Fsp3) is 0.389. The van der Waals surface area contributed by atoms with E-state index < -0.39 is 0 Å². The Morgan fingerprint density at radius 3 is 2.46 bits per heavy atom. The molecule has 0 unspecified atom stereocenters. The Bertz CT molecular complexity index is 735. The van der Waals surface area contributed by atoms with Crippen LogP contribution in [0, 0.1) is 0 Å². The Hall–Kier alpha value is -2.63. The number of nitrogens with zero attached hydrogens (tertiary/aromatic N) is 1. The SMILES string of the molecule is CCOC(=O)c1cc(-c2ccc(OC)cc2OC)n(N)c1C(C)C. The molecule has 0 amide bonds. The summed E-state index contributed by atoms with van der Waals surface area (Å²) in [6, 6.07) is 7.21. The van der Waals surface area contributed by atoms with Crippen molar-refractivity contribution < 1.29 is 19.0 Å². The highest BCUT2D eigenvalue weighted by Gasteiger charge is 2.24. The van der Waals surface area contributed by atoms with E-state index in [1.807, 2.05) is 26.0 Å². The van der Waals surface area contributed by atoms with E-state index in [1.165, 1.54) is 4.68 Å². The Morgan fingerprint density at radius 1 is 1.21 bits per heavy atom. The molecule has 0 saturated heterocycles. The molecular formula is C18H24N2O4. The minimum absolute atomic E-state index is 0.0624. The maximum Gasteiger partial charge on any atom is 0.340 e. The number of carbonyl (C=O) groups excluding carboxylic acids is 1. The predicted octanol–water partition coefficient (Wildman–Crippen LogP) is 3.19. The molecule has 130 valence electrons. The van der Waals surface area contributed by atoms with Gasteiger partial charge in [-0.25, -0.2) is 4.79 Å². The van der Waals surface area contributed by atoms with Gasteiger partial charge in [-0.1, -0.05) is 13.8 Å². The van der Waals surface area contributed by atoms with Gasteiger partial charge in [0.2, 0.25) is 0 Å². The molecule has 0 aliphatic carbocycles. The van der Waals surface area contributed by atoms with E-state index in [2.05, 4.69) is 0 Å². The van der Waals surface area contributed by atoms with Crippen molar-refractivity contribution in [3.8, 4) is 22.8 Å². The summed E-state index contributed by atoms with van der Waals surface area (Å²) in [5, 5.41) is 0. The van der Waals surface area contributed by atoms with Crippen molar-refractivity contribution in [2.45, 2.75) is 26.7 Å². The van der Waals surface area contributed by atoms with Crippen LogP contribution in [0.1, 0.15) is 42.7 Å². The van der Waals surface area contributed by atoms with Gasteiger partial charge in [0.1, 0.15) is 11.5 Å². The number of aromatic nitrogens is 1. The van der Waals surface area contributed by atoms with Crippen molar-refractivity contribution >= 4 is 5.97 Å². The molecule has 0 atom stereocenters. The van der Waals surface area contributed by atoms with E-state index in [1.54, 1.807) is 33.3 Å². The van der Waals surface area contributed by atoms with Crippen molar-refractivity contribution in [2.24, 2.45) is 0 Å². The number of benzene rings is 1. The van der Waals surface area contributed by atoms with Crippen LogP contribution in [0.2, 0.25) is 0 Å². The maximum absolute atomic E-state index is 12.3. The number of hydrogen-bond donors (Lipinski definition) is 1. The smallest absolute Gasteiger partial charge is 0.340 e. The number of hydrogen-bond acceptors (Lipinski definition) is 5. The zero-order valence-corrected chi connectivity index (χ0v) is 14.8. The molecular weight excluding hydrogens is 308 g/mol. The van der Waals surface area contributed by atoms with Crippen LogP contribution in [-0.4, -0.2) is 31.5 Å². The van der Waals surface area contributed by atoms with Gasteiger partial charge in [0, 0.05) is 11.6 Å². The van der Waals surface area contributed by atoms with Crippen molar-refractivity contribution in [2.75, 3.05) is 26.7 Å². The van der Waals surface area contributed by atoms with E-state index in [0.717, 1.165) is 11.3 Å². The van der Waals surface area contributed by atoms with E-state index in [-0.39, 0.29) is 11.9 Å². The summed E-state index contributed by atoms with van der Waals surface area (Å²) < 4.78 is 17.4. The van der Waals surface area contributed by atoms with Crippen LogP contribution in [0.15, 0.2) is 24.3 Å². The molecule has 2 aromatic rings. The third kappa shape index (κ3) is 3.18. The zero-order valence-electron chi connectivity index (χ0n) is 14.8. The molecule has 0 radical (unpaired) electrons. The third-order valence-corrected chi connectivity index (χ3v) is 3.80. The topological polar surface area (TPSA) is 75.7 Å². The fourth-order valence-corrected chi connectivity index (χ4v) is 2.72. The minimum Gasteiger partial charge on any atom is -0.497 e. The highest BCUT2D eigenvalue weighted by atomic mass is 16.5. The highest BCUT2D eigenvalue weighted by Crippen LogP contribution is 2.36. The maximum atomic E-state index is 12.3. The molecule has 24 heavy (non-hydrogen) atoms. The Labute approximate surface area is 142 Å². The van der Waals surface area contributed by atoms with E-state index in [0.29, 0.717) is 29.4 Å². The van der Waals surface area contributed by atoms with Crippen LogP contribution in [0.4, 0.5) is 0 Å². The summed E-state index contributed by atoms with van der Waals surface area (Å²) in [6.45, 7) is 6.06. The summed E-state index contributed by atoms with van der Waals surface area (Å²) in [6.07, 6.45) is 0. The molecule has 1 heterocycles. The molecule has 1 aromatic heterocycles. The quantitative estimate of drug-likeness (QED) is 0.649. The van der Waals surface area contributed by atoms with E-state index >= 15 is 0 Å². The minimum atomic E-state index is -0.376. The number of rotatable bonds is 6. The number of carbonyl (C=O) groups is 1. The van der Waals surface area contributed by atoms with Gasteiger partial charge in [0.15, 0.2) is 0 Å². The molecule has 1 aromatic carbocycles. The summed E-state index contributed by atoms with van der Waals surface area (Å²) in [7, 11) is 3.17.